The van der Waals surface area contributed by atoms with Crippen molar-refractivity contribution in [2.45, 2.75) is 19.4 Å². The van der Waals surface area contributed by atoms with Crippen molar-refractivity contribution in [3.05, 3.63) is 54.2 Å². The molecule has 0 unspecified atom stereocenters. The van der Waals surface area contributed by atoms with Crippen LogP contribution in [0.15, 0.2) is 41.3 Å². The molecule has 0 aliphatic carbocycles. The Balaban J connectivity index is 1.45. The number of ether oxygens (including phenoxy) is 1. The van der Waals surface area contributed by atoms with Crippen molar-refractivity contribution in [3.63, 3.8) is 0 Å². The van der Waals surface area contributed by atoms with E-state index in [0.29, 0.717) is 49.1 Å². The molecule has 4 rings (SSSR count). The summed E-state index contributed by atoms with van der Waals surface area (Å²) < 4.78 is 24.9. The molecule has 1 saturated heterocycles. The molecule has 1 aliphatic heterocycles. The van der Waals surface area contributed by atoms with Gasteiger partial charge in [-0.05, 0) is 12.1 Å². The average Bonchev–Trinajstić information content (AvgIpc) is 3.25. The van der Waals surface area contributed by atoms with Crippen molar-refractivity contribution in [2.24, 2.45) is 0 Å². The normalized spacial score (nSPS) is 17.1. The van der Waals surface area contributed by atoms with E-state index in [-0.39, 0.29) is 24.2 Å². The van der Waals surface area contributed by atoms with Crippen molar-refractivity contribution in [3.8, 4) is 11.4 Å². The lowest BCUT2D eigenvalue weighted by molar-refractivity contribution is -0.119. The first kappa shape index (κ1) is 20.0. The third kappa shape index (κ3) is 4.50. The minimum absolute atomic E-state index is 0.108. The fourth-order valence-electron chi connectivity index (χ4n) is 3.24. The first-order valence-electron chi connectivity index (χ1n) is 9.65. The molecule has 2 aromatic heterocycles. The summed E-state index contributed by atoms with van der Waals surface area (Å²) in [4.78, 5) is 27.1. The van der Waals surface area contributed by atoms with Gasteiger partial charge >= 0.3 is 0 Å². The molecule has 1 aliphatic rings. The molecule has 1 atom stereocenters. The number of carbonyl (C=O) groups is 1. The molecule has 0 radical (unpaired) electrons. The number of halogens is 1. The van der Waals surface area contributed by atoms with E-state index in [2.05, 4.69) is 25.4 Å². The fourth-order valence-corrected chi connectivity index (χ4v) is 3.24. The van der Waals surface area contributed by atoms with E-state index in [1.54, 1.807) is 18.3 Å². The number of aromatic nitrogens is 4. The molecule has 0 spiro atoms. The number of aryl methyl sites for hydroxylation is 1. The number of hydrogen-bond acceptors (Lipinski definition) is 8. The molecule has 1 aromatic carbocycles. The summed E-state index contributed by atoms with van der Waals surface area (Å²) in [6.07, 6.45) is 3.30. The van der Waals surface area contributed by atoms with Gasteiger partial charge in [-0.3, -0.25) is 9.69 Å². The highest BCUT2D eigenvalue weighted by Gasteiger charge is 2.28. The smallest absolute Gasteiger partial charge is 0.238 e. The quantitative estimate of drug-likeness (QED) is 0.657. The zero-order valence-electron chi connectivity index (χ0n) is 16.4. The summed E-state index contributed by atoms with van der Waals surface area (Å²) in [5.41, 5.74) is 1.42. The second-order valence-electron chi connectivity index (χ2n) is 6.81. The highest BCUT2D eigenvalue weighted by molar-refractivity contribution is 5.92. The topological polar surface area (TPSA) is 106 Å². The van der Waals surface area contributed by atoms with Gasteiger partial charge in [0.15, 0.2) is 0 Å². The molecule has 1 amide bonds. The van der Waals surface area contributed by atoms with E-state index >= 15 is 0 Å². The number of nitrogens with zero attached hydrogens (tertiary/aromatic N) is 5. The molecular formula is C20H21FN6O3. The summed E-state index contributed by atoms with van der Waals surface area (Å²) in [5, 5.41) is 6.60. The van der Waals surface area contributed by atoms with Gasteiger partial charge in [0.1, 0.15) is 18.2 Å². The number of hydrogen-bond donors (Lipinski definition) is 1. The molecular weight excluding hydrogens is 391 g/mol. The minimum Gasteiger partial charge on any atom is -0.369 e. The second kappa shape index (κ2) is 9.06. The van der Waals surface area contributed by atoms with Crippen LogP contribution in [0.5, 0.6) is 0 Å². The standard InChI is InChI=1S/C20H21FN6O3/c1-2-18-25-20(26-30-18)13-9-22-12-23-19(13)16-10-27(7-8-29-16)11-17(28)24-15-6-4-3-5-14(15)21/h3-6,9,12,16H,2,7-8,10-11H2,1H3,(H,24,28)/t16-/m1/s1. The minimum atomic E-state index is -0.470. The van der Waals surface area contributed by atoms with Crippen molar-refractivity contribution < 1.29 is 18.4 Å². The molecule has 9 nitrogen and oxygen atoms in total. The molecule has 10 heteroatoms. The Labute approximate surface area is 172 Å². The van der Waals surface area contributed by atoms with Gasteiger partial charge in [-0.15, -0.1) is 0 Å². The van der Waals surface area contributed by atoms with Crippen LogP contribution in [0.3, 0.4) is 0 Å². The highest BCUT2D eigenvalue weighted by Crippen LogP contribution is 2.28. The van der Waals surface area contributed by atoms with Crippen LogP contribution in [-0.4, -0.2) is 57.2 Å². The average molecular weight is 412 g/mol. The van der Waals surface area contributed by atoms with E-state index in [0.717, 1.165) is 0 Å². The van der Waals surface area contributed by atoms with Gasteiger partial charge < -0.3 is 14.6 Å². The van der Waals surface area contributed by atoms with Gasteiger partial charge in [-0.1, -0.05) is 24.2 Å². The Morgan fingerprint density at radius 2 is 2.23 bits per heavy atom. The number of anilines is 1. The van der Waals surface area contributed by atoms with Crippen LogP contribution in [0.25, 0.3) is 11.4 Å². The number of rotatable bonds is 6. The van der Waals surface area contributed by atoms with Gasteiger partial charge in [0.25, 0.3) is 0 Å². The Morgan fingerprint density at radius 1 is 1.37 bits per heavy atom. The molecule has 0 bridgehead atoms. The van der Waals surface area contributed by atoms with Crippen LogP contribution in [0, 0.1) is 5.82 Å². The molecule has 0 saturated carbocycles. The van der Waals surface area contributed by atoms with E-state index in [1.165, 1.54) is 18.5 Å². The summed E-state index contributed by atoms with van der Waals surface area (Å²) >= 11 is 0. The van der Waals surface area contributed by atoms with Crippen LogP contribution in [0.4, 0.5) is 10.1 Å². The summed E-state index contributed by atoms with van der Waals surface area (Å²) in [6, 6.07) is 6.07. The van der Waals surface area contributed by atoms with E-state index in [4.69, 9.17) is 9.26 Å². The number of nitrogens with one attached hydrogen (secondary N) is 1. The van der Waals surface area contributed by atoms with Crippen molar-refractivity contribution in [1.82, 2.24) is 25.0 Å². The molecule has 1 fully saturated rings. The molecule has 3 heterocycles. The summed E-state index contributed by atoms with van der Waals surface area (Å²) in [6.45, 7) is 3.47. The first-order chi connectivity index (χ1) is 14.6. The van der Waals surface area contributed by atoms with Gasteiger partial charge in [0.2, 0.25) is 17.6 Å². The van der Waals surface area contributed by atoms with E-state index < -0.39 is 5.82 Å². The zero-order valence-corrected chi connectivity index (χ0v) is 16.4. The lowest BCUT2D eigenvalue weighted by Crippen LogP contribution is -2.43. The number of carbonyl (C=O) groups excluding carboxylic acids is 1. The Morgan fingerprint density at radius 3 is 3.03 bits per heavy atom. The summed E-state index contributed by atoms with van der Waals surface area (Å²) in [5.74, 6) is 0.161. The third-order valence-electron chi connectivity index (χ3n) is 4.73. The van der Waals surface area contributed by atoms with Crippen LogP contribution in [0.2, 0.25) is 0 Å². The maximum Gasteiger partial charge on any atom is 0.238 e. The molecule has 1 N–H and O–H groups in total. The van der Waals surface area contributed by atoms with E-state index in [1.807, 2.05) is 11.8 Å². The van der Waals surface area contributed by atoms with Gasteiger partial charge in [0, 0.05) is 25.7 Å². The second-order valence-corrected chi connectivity index (χ2v) is 6.81. The maximum absolute atomic E-state index is 13.8. The van der Waals surface area contributed by atoms with Crippen LogP contribution in [-0.2, 0) is 16.0 Å². The maximum atomic E-state index is 13.8. The number of para-hydroxylation sites is 1. The van der Waals surface area contributed by atoms with E-state index in [9.17, 15) is 9.18 Å². The summed E-state index contributed by atoms with van der Waals surface area (Å²) in [7, 11) is 0. The SMILES string of the molecule is CCc1nc(-c2cncnc2[C@H]2CN(CC(=O)Nc3ccccc3F)CCO2)no1. The number of amides is 1. The molecule has 30 heavy (non-hydrogen) atoms. The molecule has 3 aromatic rings. The number of benzene rings is 1. The van der Waals surface area contributed by atoms with Crippen LogP contribution in [0.1, 0.15) is 24.6 Å². The van der Waals surface area contributed by atoms with Crippen LogP contribution >= 0.6 is 0 Å². The van der Waals surface area contributed by atoms with Crippen LogP contribution < -0.4 is 5.32 Å². The Kier molecular flexibility index (Phi) is 6.05. The lowest BCUT2D eigenvalue weighted by Gasteiger charge is -2.32. The van der Waals surface area contributed by atoms with Crippen molar-refractivity contribution in [2.75, 3.05) is 31.6 Å². The predicted molar refractivity (Wildman–Crippen MR) is 105 cm³/mol. The highest BCUT2D eigenvalue weighted by atomic mass is 19.1. The fraction of sp³-hybridized carbons (Fsp3) is 0.350. The van der Waals surface area contributed by atoms with Crippen molar-refractivity contribution in [1.29, 1.82) is 0 Å². The first-order valence-corrected chi connectivity index (χ1v) is 9.65. The predicted octanol–water partition coefficient (Wildman–Crippen LogP) is 2.24. The Hall–Kier alpha value is -3.24. The van der Waals surface area contributed by atoms with Crippen molar-refractivity contribution >= 4 is 11.6 Å². The van der Waals surface area contributed by atoms with Gasteiger partial charge in [-0.25, -0.2) is 14.4 Å². The Bertz CT molecular complexity index is 1030. The lowest BCUT2D eigenvalue weighted by atomic mass is 10.1. The van der Waals surface area contributed by atoms with Gasteiger partial charge in [-0.2, -0.15) is 4.98 Å². The monoisotopic (exact) mass is 412 g/mol. The zero-order chi connectivity index (χ0) is 20.9. The van der Waals surface area contributed by atoms with Gasteiger partial charge in [0.05, 0.1) is 30.1 Å². The largest absolute Gasteiger partial charge is 0.369 e. The number of morpholine rings is 1. The molecule has 156 valence electrons. The third-order valence-corrected chi connectivity index (χ3v) is 4.73.